The van der Waals surface area contributed by atoms with E-state index in [4.69, 9.17) is 4.70 Å². The summed E-state index contributed by atoms with van der Waals surface area (Å²) in [6, 6.07) is 0. The quantitative estimate of drug-likeness (QED) is 0.302. The molecule has 1 nitrogen and oxygen atoms in total. The Kier molecular flexibility index (Phi) is 118. The van der Waals surface area contributed by atoms with Gasteiger partial charge in [0.15, 0.2) is 0 Å². The van der Waals surface area contributed by atoms with Crippen molar-refractivity contribution in [2.24, 2.45) is 0 Å². The molecule has 0 aliphatic rings. The van der Waals surface area contributed by atoms with E-state index in [0.29, 0.717) is 0 Å². The Labute approximate surface area is 33.1 Å². The molecule has 0 N–H and O–H groups in total. The summed E-state index contributed by atoms with van der Waals surface area (Å²) in [7, 11) is 3.25. The van der Waals surface area contributed by atoms with Crippen LogP contribution in [0.25, 0.3) is 0 Å². The summed E-state index contributed by atoms with van der Waals surface area (Å²) < 4.78 is 7.75. The molecule has 0 atom stereocenters. The second kappa shape index (κ2) is 66.8. The van der Waals surface area contributed by atoms with Gasteiger partial charge in [-0.2, -0.15) is 0 Å². The third-order valence-corrected chi connectivity index (χ3v) is 0. The predicted octanol–water partition coefficient (Wildman–Crippen LogP) is 0.693. The Morgan fingerprint density at radius 2 is 1.80 bits per heavy atom. The van der Waals surface area contributed by atoms with E-state index in [0.717, 1.165) is 0 Å². The van der Waals surface area contributed by atoms with Crippen LogP contribution in [-0.4, -0.2) is 7.72 Å². The van der Waals surface area contributed by atoms with Gasteiger partial charge in [0.1, 0.15) is 0 Å². The van der Waals surface area contributed by atoms with E-state index in [2.05, 4.69) is 14.3 Å². The molecule has 0 spiro atoms. The van der Waals surface area contributed by atoms with Crippen LogP contribution in [0.2, 0.25) is 0 Å². The number of rotatable bonds is 0. The first kappa shape index (κ1) is 8.82. The molecule has 2 heteroatoms. The average Bonchev–Trinajstić information content (AvgIpc) is 1.46. The predicted molar refractivity (Wildman–Crippen MR) is 22.3 cm³/mol. The summed E-state index contributed by atoms with van der Waals surface area (Å²) in [5, 5.41) is 0. The fourth-order valence-corrected chi connectivity index (χ4v) is 0. The van der Waals surface area contributed by atoms with E-state index in [-0.39, 0.29) is 0 Å². The van der Waals surface area contributed by atoms with E-state index in [1.807, 2.05) is 6.92 Å². The topological polar surface area (TPSA) is 17.1 Å². The Morgan fingerprint density at radius 3 is 1.80 bits per heavy atom. The minimum absolute atomic E-state index is 1.75. The van der Waals surface area contributed by atoms with Gasteiger partial charge in [0.25, 0.3) is 0 Å². The average molecular weight is 68.9 g/mol. The van der Waals surface area contributed by atoms with Crippen LogP contribution in [-0.2, 0) is 4.70 Å². The SMILES string of the molecule is C=CC.[B]=O. The zero-order valence-corrected chi connectivity index (χ0v) is 3.27. The maximum atomic E-state index is 7.75. The Balaban J connectivity index is 0. The first-order valence-corrected chi connectivity index (χ1v) is 1.22. The fourth-order valence-electron chi connectivity index (χ4n) is 0. The van der Waals surface area contributed by atoms with E-state index >= 15 is 0 Å². The van der Waals surface area contributed by atoms with Crippen LogP contribution < -0.4 is 0 Å². The van der Waals surface area contributed by atoms with Crippen LogP contribution in [0, 0.1) is 0 Å². The second-order valence-corrected chi connectivity index (χ2v) is 0.408. The third-order valence-electron chi connectivity index (χ3n) is 0. The first-order chi connectivity index (χ1) is 2.41. The zero-order chi connectivity index (χ0) is 4.71. The van der Waals surface area contributed by atoms with Crippen LogP contribution in [0.3, 0.4) is 0 Å². The Bertz CT molecular complexity index is 20.9. The Morgan fingerprint density at radius 1 is 1.80 bits per heavy atom. The monoisotopic (exact) mass is 69.1 g/mol. The van der Waals surface area contributed by atoms with E-state index in [1.54, 1.807) is 6.08 Å². The van der Waals surface area contributed by atoms with Crippen molar-refractivity contribution in [1.82, 2.24) is 0 Å². The van der Waals surface area contributed by atoms with Gasteiger partial charge in [-0.15, -0.1) is 6.58 Å². The molecule has 0 saturated carbocycles. The molecule has 0 aromatic rings. The van der Waals surface area contributed by atoms with Crippen molar-refractivity contribution >= 4 is 7.72 Å². The summed E-state index contributed by atoms with van der Waals surface area (Å²) in [5.41, 5.74) is 0. The van der Waals surface area contributed by atoms with Crippen molar-refractivity contribution in [1.29, 1.82) is 0 Å². The fraction of sp³-hybridized carbons (Fsp3) is 0.333. The maximum absolute atomic E-state index is 7.75. The molecular formula is C3H6BO. The first-order valence-electron chi connectivity index (χ1n) is 1.22. The van der Waals surface area contributed by atoms with Crippen molar-refractivity contribution in [3.63, 3.8) is 0 Å². The van der Waals surface area contributed by atoms with Crippen molar-refractivity contribution < 1.29 is 4.70 Å². The molecule has 0 aliphatic carbocycles. The van der Waals surface area contributed by atoms with Crippen molar-refractivity contribution in [3.8, 4) is 0 Å². The molecule has 5 heavy (non-hydrogen) atoms. The van der Waals surface area contributed by atoms with Crippen molar-refractivity contribution in [2.75, 3.05) is 0 Å². The molecule has 0 fully saturated rings. The summed E-state index contributed by atoms with van der Waals surface area (Å²) in [6.07, 6.45) is 1.75. The van der Waals surface area contributed by atoms with Crippen LogP contribution in [0.5, 0.6) is 0 Å². The molecule has 0 aromatic heterocycles. The molecule has 27 valence electrons. The van der Waals surface area contributed by atoms with Gasteiger partial charge >= 0.3 is 12.4 Å². The van der Waals surface area contributed by atoms with Gasteiger partial charge in [-0.1, -0.05) is 6.08 Å². The number of allylic oxidation sites excluding steroid dienone is 1. The molecular weight excluding hydrogens is 62.8 g/mol. The summed E-state index contributed by atoms with van der Waals surface area (Å²) in [6.45, 7) is 5.25. The van der Waals surface area contributed by atoms with E-state index in [1.165, 1.54) is 0 Å². The normalized spacial score (nSPS) is 3.20. The van der Waals surface area contributed by atoms with Gasteiger partial charge in [0, 0.05) is 0 Å². The Hall–Kier alpha value is -0.395. The van der Waals surface area contributed by atoms with Crippen LogP contribution in [0.1, 0.15) is 6.92 Å². The van der Waals surface area contributed by atoms with Gasteiger partial charge in [0.2, 0.25) is 0 Å². The minimum atomic E-state index is 1.75. The van der Waals surface area contributed by atoms with Gasteiger partial charge in [0.05, 0.1) is 0 Å². The van der Waals surface area contributed by atoms with Crippen molar-refractivity contribution in [3.05, 3.63) is 12.7 Å². The third kappa shape index (κ3) is 59.5. The molecule has 0 amide bonds. The molecule has 0 aromatic carbocycles. The second-order valence-electron chi connectivity index (χ2n) is 0.408. The molecule has 1 radical (unpaired) electrons. The van der Waals surface area contributed by atoms with E-state index < -0.39 is 0 Å². The van der Waals surface area contributed by atoms with Gasteiger partial charge < -0.3 is 0 Å². The number of hydrogen-bond donors (Lipinski definition) is 0. The molecule has 0 rings (SSSR count). The molecule has 0 heterocycles. The molecule has 0 unspecified atom stereocenters. The van der Waals surface area contributed by atoms with Crippen LogP contribution in [0.15, 0.2) is 12.7 Å². The van der Waals surface area contributed by atoms with Crippen LogP contribution >= 0.6 is 0 Å². The van der Waals surface area contributed by atoms with Gasteiger partial charge in [-0.25, -0.2) is 0 Å². The standard InChI is InChI=1S/C3H6.BO/c1-3-2;1-2/h3H,1H2,2H3;. The molecule has 0 aliphatic heterocycles. The van der Waals surface area contributed by atoms with Gasteiger partial charge in [-0.3, -0.25) is 0 Å². The number of hydrogen-bond acceptors (Lipinski definition) is 1. The summed E-state index contributed by atoms with van der Waals surface area (Å²) >= 11 is 0. The summed E-state index contributed by atoms with van der Waals surface area (Å²) in [5.74, 6) is 0. The van der Waals surface area contributed by atoms with Gasteiger partial charge in [-0.05, 0) is 6.92 Å². The van der Waals surface area contributed by atoms with E-state index in [9.17, 15) is 0 Å². The molecule has 0 saturated heterocycles. The van der Waals surface area contributed by atoms with Crippen molar-refractivity contribution in [2.45, 2.75) is 6.92 Å². The summed E-state index contributed by atoms with van der Waals surface area (Å²) in [4.78, 5) is 0. The molecule has 0 bridgehead atoms. The van der Waals surface area contributed by atoms with Crippen LogP contribution in [0.4, 0.5) is 0 Å². The zero-order valence-electron chi connectivity index (χ0n) is 3.27.